The topological polar surface area (TPSA) is 59.8 Å². The lowest BCUT2D eigenvalue weighted by Crippen LogP contribution is -2.23. The maximum absolute atomic E-state index is 12.1. The molecule has 1 aromatic carbocycles. The van der Waals surface area contributed by atoms with E-state index in [0.29, 0.717) is 6.42 Å². The largest absolute Gasteiger partial charge is 0.326 e. The molecule has 5 nitrogen and oxygen atoms in total. The van der Waals surface area contributed by atoms with Gasteiger partial charge in [0.25, 0.3) is 0 Å². The van der Waals surface area contributed by atoms with E-state index in [-0.39, 0.29) is 11.8 Å². The SMILES string of the molecule is CC.Cc1nnc(C[C@@H](C)C(=O)Nc2ccccc2)n1C. The molecule has 1 N–H and O–H groups in total. The van der Waals surface area contributed by atoms with Gasteiger partial charge in [0.05, 0.1) is 0 Å². The summed E-state index contributed by atoms with van der Waals surface area (Å²) in [6, 6.07) is 9.45. The third-order valence-electron chi connectivity index (χ3n) is 3.16. The fraction of sp³-hybridized carbons (Fsp3) is 0.438. The van der Waals surface area contributed by atoms with E-state index in [0.717, 1.165) is 17.3 Å². The van der Waals surface area contributed by atoms with Crippen molar-refractivity contribution in [3.05, 3.63) is 42.0 Å². The summed E-state index contributed by atoms with van der Waals surface area (Å²) in [5, 5.41) is 11.0. The fourth-order valence-corrected chi connectivity index (χ4v) is 1.78. The van der Waals surface area contributed by atoms with Crippen LogP contribution in [0.1, 0.15) is 32.4 Å². The van der Waals surface area contributed by atoms with Crippen molar-refractivity contribution in [2.75, 3.05) is 5.32 Å². The first kappa shape index (κ1) is 16.9. The quantitative estimate of drug-likeness (QED) is 0.941. The van der Waals surface area contributed by atoms with E-state index in [2.05, 4.69) is 15.5 Å². The summed E-state index contributed by atoms with van der Waals surface area (Å²) in [4.78, 5) is 12.1. The normalized spacial score (nSPS) is 11.3. The maximum atomic E-state index is 12.1. The highest BCUT2D eigenvalue weighted by Gasteiger charge is 2.17. The van der Waals surface area contributed by atoms with E-state index >= 15 is 0 Å². The van der Waals surface area contributed by atoms with Crippen molar-refractivity contribution in [3.63, 3.8) is 0 Å². The molecule has 0 saturated carbocycles. The number of anilines is 1. The summed E-state index contributed by atoms with van der Waals surface area (Å²) in [6.07, 6.45) is 0.579. The number of nitrogens with zero attached hydrogens (tertiary/aromatic N) is 3. The molecule has 0 aliphatic rings. The number of carbonyl (C=O) groups excluding carboxylic acids is 1. The molecule has 0 aliphatic carbocycles. The van der Waals surface area contributed by atoms with Gasteiger partial charge in [0, 0.05) is 25.1 Å². The molecule has 114 valence electrons. The van der Waals surface area contributed by atoms with Crippen molar-refractivity contribution in [2.24, 2.45) is 13.0 Å². The van der Waals surface area contributed by atoms with Crippen LogP contribution < -0.4 is 5.32 Å². The highest BCUT2D eigenvalue weighted by Crippen LogP contribution is 2.11. The molecule has 1 aromatic heterocycles. The van der Waals surface area contributed by atoms with Gasteiger partial charge in [-0.1, -0.05) is 39.0 Å². The monoisotopic (exact) mass is 288 g/mol. The lowest BCUT2D eigenvalue weighted by Gasteiger charge is -2.11. The zero-order chi connectivity index (χ0) is 15.8. The number of carbonyl (C=O) groups is 1. The van der Waals surface area contributed by atoms with E-state index in [1.807, 2.05) is 69.6 Å². The predicted octanol–water partition coefficient (Wildman–Crippen LogP) is 2.97. The van der Waals surface area contributed by atoms with Crippen molar-refractivity contribution in [3.8, 4) is 0 Å². The number of hydrogen-bond acceptors (Lipinski definition) is 3. The van der Waals surface area contributed by atoms with Gasteiger partial charge in [0.2, 0.25) is 5.91 Å². The van der Waals surface area contributed by atoms with E-state index in [1.165, 1.54) is 0 Å². The summed E-state index contributed by atoms with van der Waals surface area (Å²) >= 11 is 0. The lowest BCUT2D eigenvalue weighted by atomic mass is 10.1. The van der Waals surface area contributed by atoms with E-state index in [4.69, 9.17) is 0 Å². The van der Waals surface area contributed by atoms with Crippen molar-refractivity contribution in [1.82, 2.24) is 14.8 Å². The van der Waals surface area contributed by atoms with Gasteiger partial charge in [-0.25, -0.2) is 0 Å². The second-order valence-electron chi connectivity index (χ2n) is 4.68. The van der Waals surface area contributed by atoms with Crippen LogP contribution in [0.5, 0.6) is 0 Å². The summed E-state index contributed by atoms with van der Waals surface area (Å²) in [6.45, 7) is 7.79. The third-order valence-corrected chi connectivity index (χ3v) is 3.16. The number of para-hydroxylation sites is 1. The number of rotatable bonds is 4. The Morgan fingerprint density at radius 1 is 1.24 bits per heavy atom. The van der Waals surface area contributed by atoms with Crippen LogP contribution >= 0.6 is 0 Å². The zero-order valence-electron chi connectivity index (χ0n) is 13.4. The first-order valence-corrected chi connectivity index (χ1v) is 7.28. The molecule has 2 aromatic rings. The number of nitrogens with one attached hydrogen (secondary N) is 1. The van der Waals surface area contributed by atoms with Crippen LogP contribution in [-0.4, -0.2) is 20.7 Å². The van der Waals surface area contributed by atoms with Crippen molar-refractivity contribution < 1.29 is 4.79 Å². The summed E-state index contributed by atoms with van der Waals surface area (Å²) in [7, 11) is 1.91. The minimum absolute atomic E-state index is 0.00754. The molecule has 2 rings (SSSR count). The van der Waals surface area contributed by atoms with Crippen LogP contribution in [0.2, 0.25) is 0 Å². The van der Waals surface area contributed by atoms with Crippen molar-refractivity contribution >= 4 is 11.6 Å². The smallest absolute Gasteiger partial charge is 0.227 e. The van der Waals surface area contributed by atoms with Crippen molar-refractivity contribution in [2.45, 2.75) is 34.1 Å². The van der Waals surface area contributed by atoms with Gasteiger partial charge in [-0.2, -0.15) is 0 Å². The van der Waals surface area contributed by atoms with Crippen LogP contribution in [0, 0.1) is 12.8 Å². The maximum Gasteiger partial charge on any atom is 0.227 e. The van der Waals surface area contributed by atoms with E-state index in [9.17, 15) is 4.79 Å². The van der Waals surface area contributed by atoms with Gasteiger partial charge in [-0.15, -0.1) is 10.2 Å². The minimum Gasteiger partial charge on any atom is -0.326 e. The molecule has 1 amide bonds. The molecule has 1 heterocycles. The van der Waals surface area contributed by atoms with Gasteiger partial charge in [-0.3, -0.25) is 4.79 Å². The summed E-state index contributed by atoms with van der Waals surface area (Å²) < 4.78 is 1.91. The molecule has 0 unspecified atom stereocenters. The number of amides is 1. The average molecular weight is 288 g/mol. The zero-order valence-corrected chi connectivity index (χ0v) is 13.4. The molecule has 5 heteroatoms. The number of aryl methyl sites for hydroxylation is 1. The van der Waals surface area contributed by atoms with Gasteiger partial charge in [0.15, 0.2) is 0 Å². The van der Waals surface area contributed by atoms with Gasteiger partial charge >= 0.3 is 0 Å². The van der Waals surface area contributed by atoms with E-state index < -0.39 is 0 Å². The molecule has 0 aliphatic heterocycles. The van der Waals surface area contributed by atoms with Crippen LogP contribution in [-0.2, 0) is 18.3 Å². The van der Waals surface area contributed by atoms with Crippen LogP contribution in [0.4, 0.5) is 5.69 Å². The Morgan fingerprint density at radius 3 is 2.38 bits per heavy atom. The Labute approximate surface area is 126 Å². The lowest BCUT2D eigenvalue weighted by molar-refractivity contribution is -0.119. The van der Waals surface area contributed by atoms with Crippen LogP contribution in [0.25, 0.3) is 0 Å². The number of aromatic nitrogens is 3. The van der Waals surface area contributed by atoms with Crippen LogP contribution in [0.15, 0.2) is 30.3 Å². The Kier molecular flexibility index (Phi) is 6.59. The highest BCUT2D eigenvalue weighted by molar-refractivity contribution is 5.92. The standard InChI is InChI=1S/C14H18N4O.C2H6/c1-10(9-13-17-16-11(2)18(13)3)14(19)15-12-7-5-4-6-8-12;1-2/h4-8,10H,9H2,1-3H3,(H,15,19);1-2H3/t10-;/m1./s1. The molecule has 0 saturated heterocycles. The second kappa shape index (κ2) is 8.19. The minimum atomic E-state index is -0.150. The van der Waals surface area contributed by atoms with Gasteiger partial charge < -0.3 is 9.88 Å². The first-order valence-electron chi connectivity index (χ1n) is 7.28. The Hall–Kier alpha value is -2.17. The molecular weight excluding hydrogens is 264 g/mol. The average Bonchev–Trinajstić information content (AvgIpc) is 2.82. The van der Waals surface area contributed by atoms with Gasteiger partial charge in [-0.05, 0) is 19.1 Å². The summed E-state index contributed by atoms with van der Waals surface area (Å²) in [5.74, 6) is 1.52. The highest BCUT2D eigenvalue weighted by atomic mass is 16.1. The molecular formula is C16H24N4O. The number of benzene rings is 1. The van der Waals surface area contributed by atoms with Crippen LogP contribution in [0.3, 0.4) is 0 Å². The first-order chi connectivity index (χ1) is 10.1. The Balaban J connectivity index is 0.00000106. The number of hydrogen-bond donors (Lipinski definition) is 1. The summed E-state index contributed by atoms with van der Waals surface area (Å²) in [5.41, 5.74) is 0.813. The Bertz CT molecular complexity index is 563. The molecule has 0 radical (unpaired) electrons. The molecule has 0 fully saturated rings. The molecule has 21 heavy (non-hydrogen) atoms. The molecule has 0 spiro atoms. The second-order valence-corrected chi connectivity index (χ2v) is 4.68. The van der Waals surface area contributed by atoms with Crippen molar-refractivity contribution in [1.29, 1.82) is 0 Å². The predicted molar refractivity (Wildman–Crippen MR) is 85.0 cm³/mol. The molecule has 1 atom stereocenters. The van der Waals surface area contributed by atoms with E-state index in [1.54, 1.807) is 0 Å². The molecule has 0 bridgehead atoms. The Morgan fingerprint density at radius 2 is 1.86 bits per heavy atom. The third kappa shape index (κ3) is 4.70. The fourth-order valence-electron chi connectivity index (χ4n) is 1.78. The van der Waals surface area contributed by atoms with Gasteiger partial charge in [0.1, 0.15) is 11.6 Å².